The van der Waals surface area contributed by atoms with Gasteiger partial charge in [0.2, 0.25) is 0 Å². The van der Waals surface area contributed by atoms with Crippen LogP contribution in [-0.2, 0) is 6.61 Å². The molecule has 0 aliphatic rings. The predicted molar refractivity (Wildman–Crippen MR) is 108 cm³/mol. The molecule has 0 unspecified atom stereocenters. The Labute approximate surface area is 163 Å². The average Bonchev–Trinajstić information content (AvgIpc) is 2.72. The smallest absolute Gasteiger partial charge is 0.335 e. The average molecular weight is 375 g/mol. The fraction of sp³-hybridized carbons (Fsp3) is 0.130. The van der Waals surface area contributed by atoms with Crippen LogP contribution in [0.3, 0.4) is 0 Å². The van der Waals surface area contributed by atoms with Crippen molar-refractivity contribution in [2.45, 2.75) is 6.61 Å². The van der Waals surface area contributed by atoms with Crippen LogP contribution in [0.5, 0.6) is 5.75 Å². The third-order valence-corrected chi connectivity index (χ3v) is 4.31. The van der Waals surface area contributed by atoms with Crippen molar-refractivity contribution < 1.29 is 19.4 Å². The van der Waals surface area contributed by atoms with Crippen molar-refractivity contribution in [3.8, 4) is 5.75 Å². The third kappa shape index (κ3) is 4.20. The van der Waals surface area contributed by atoms with Crippen LogP contribution >= 0.6 is 0 Å². The fourth-order valence-electron chi connectivity index (χ4n) is 2.89. The minimum atomic E-state index is -1.08. The molecule has 0 spiro atoms. The first-order valence-electron chi connectivity index (χ1n) is 8.82. The van der Waals surface area contributed by atoms with Crippen LogP contribution in [0.25, 0.3) is 0 Å². The van der Waals surface area contributed by atoms with Crippen molar-refractivity contribution in [1.82, 2.24) is 0 Å². The van der Waals surface area contributed by atoms with Crippen LogP contribution < -0.4 is 9.64 Å². The number of ketones is 1. The standard InChI is InChI=1S/C23H21NO4/c1-24(2)19-13-18(23(26)27)14-20(28-15-16-9-5-3-6-10-16)21(19)22(25)17-11-7-4-8-12-17/h3-14H,15H2,1-2H3,(H,26,27). The van der Waals surface area contributed by atoms with Crippen molar-refractivity contribution >= 4 is 17.4 Å². The summed E-state index contributed by atoms with van der Waals surface area (Å²) >= 11 is 0. The second-order valence-corrected chi connectivity index (χ2v) is 6.54. The van der Waals surface area contributed by atoms with E-state index in [1.807, 2.05) is 36.4 Å². The maximum atomic E-state index is 13.2. The molecule has 28 heavy (non-hydrogen) atoms. The molecule has 0 saturated heterocycles. The second-order valence-electron chi connectivity index (χ2n) is 6.54. The maximum absolute atomic E-state index is 13.2. The number of carbonyl (C=O) groups is 2. The lowest BCUT2D eigenvalue weighted by Gasteiger charge is -2.21. The van der Waals surface area contributed by atoms with Crippen LogP contribution in [0.4, 0.5) is 5.69 Å². The van der Waals surface area contributed by atoms with Gasteiger partial charge in [-0.05, 0) is 17.7 Å². The number of anilines is 1. The molecule has 3 aromatic carbocycles. The first-order chi connectivity index (χ1) is 13.5. The molecule has 0 atom stereocenters. The molecule has 0 aliphatic carbocycles. The molecule has 142 valence electrons. The Bertz CT molecular complexity index is 982. The number of rotatable bonds is 7. The van der Waals surface area contributed by atoms with Gasteiger partial charge >= 0.3 is 5.97 Å². The van der Waals surface area contributed by atoms with E-state index < -0.39 is 5.97 Å². The lowest BCUT2D eigenvalue weighted by atomic mass is 9.98. The molecule has 3 rings (SSSR count). The lowest BCUT2D eigenvalue weighted by Crippen LogP contribution is -2.17. The summed E-state index contributed by atoms with van der Waals surface area (Å²) in [5, 5.41) is 9.49. The van der Waals surface area contributed by atoms with Gasteiger partial charge in [-0.15, -0.1) is 0 Å². The highest BCUT2D eigenvalue weighted by molar-refractivity contribution is 6.15. The summed E-state index contributed by atoms with van der Waals surface area (Å²) in [7, 11) is 3.54. The summed E-state index contributed by atoms with van der Waals surface area (Å²) in [6.45, 7) is 0.228. The number of hydrogen-bond acceptors (Lipinski definition) is 4. The van der Waals surface area contributed by atoms with Crippen molar-refractivity contribution in [3.05, 3.63) is 95.1 Å². The number of carboxylic acids is 1. The summed E-state index contributed by atoms with van der Waals surface area (Å²) in [5.74, 6) is -1.04. The monoisotopic (exact) mass is 375 g/mol. The van der Waals surface area contributed by atoms with Crippen LogP contribution in [0, 0.1) is 0 Å². The zero-order valence-corrected chi connectivity index (χ0v) is 15.8. The van der Waals surface area contributed by atoms with Gasteiger partial charge in [0.25, 0.3) is 0 Å². The van der Waals surface area contributed by atoms with Crippen molar-refractivity contribution in [3.63, 3.8) is 0 Å². The van der Waals surface area contributed by atoms with Crippen LogP contribution in [-0.4, -0.2) is 31.0 Å². The molecule has 0 aromatic heterocycles. The lowest BCUT2D eigenvalue weighted by molar-refractivity contribution is 0.0695. The van der Waals surface area contributed by atoms with E-state index in [1.165, 1.54) is 12.1 Å². The van der Waals surface area contributed by atoms with E-state index >= 15 is 0 Å². The Morgan fingerprint density at radius 3 is 2.07 bits per heavy atom. The highest BCUT2D eigenvalue weighted by Gasteiger charge is 2.23. The van der Waals surface area contributed by atoms with Gasteiger partial charge in [0, 0.05) is 19.7 Å². The summed E-state index contributed by atoms with van der Waals surface area (Å²) in [6.07, 6.45) is 0. The van der Waals surface area contributed by atoms with Gasteiger partial charge in [-0.1, -0.05) is 60.7 Å². The van der Waals surface area contributed by atoms with Crippen molar-refractivity contribution in [2.75, 3.05) is 19.0 Å². The zero-order valence-electron chi connectivity index (χ0n) is 15.8. The number of benzene rings is 3. The minimum absolute atomic E-state index is 0.0661. The normalized spacial score (nSPS) is 10.4. The topological polar surface area (TPSA) is 66.8 Å². The Morgan fingerprint density at radius 2 is 1.50 bits per heavy atom. The number of carboxylic acid groups (broad SMARTS) is 1. The molecule has 0 heterocycles. The molecule has 5 nitrogen and oxygen atoms in total. The van der Waals surface area contributed by atoms with Crippen molar-refractivity contribution in [2.24, 2.45) is 0 Å². The fourth-order valence-corrected chi connectivity index (χ4v) is 2.89. The largest absolute Gasteiger partial charge is 0.488 e. The van der Waals surface area contributed by atoms with E-state index in [1.54, 1.807) is 43.3 Å². The molecule has 0 bridgehead atoms. The van der Waals surface area contributed by atoms with Gasteiger partial charge in [0.15, 0.2) is 5.78 Å². The van der Waals surface area contributed by atoms with E-state index in [0.29, 0.717) is 16.8 Å². The van der Waals surface area contributed by atoms with Gasteiger partial charge in [0.05, 0.1) is 16.8 Å². The summed E-state index contributed by atoms with van der Waals surface area (Å²) < 4.78 is 5.94. The minimum Gasteiger partial charge on any atom is -0.488 e. The molecule has 3 aromatic rings. The Morgan fingerprint density at radius 1 is 0.893 bits per heavy atom. The van der Waals surface area contributed by atoms with Crippen LogP contribution in [0.2, 0.25) is 0 Å². The number of ether oxygens (including phenoxy) is 1. The highest BCUT2D eigenvalue weighted by atomic mass is 16.5. The van der Waals surface area contributed by atoms with Gasteiger partial charge in [0.1, 0.15) is 12.4 Å². The molecular formula is C23H21NO4. The first kappa shape index (κ1) is 19.2. The molecule has 0 aliphatic heterocycles. The van der Waals surface area contributed by atoms with Gasteiger partial charge in [-0.3, -0.25) is 4.79 Å². The highest BCUT2D eigenvalue weighted by Crippen LogP contribution is 2.33. The SMILES string of the molecule is CN(C)c1cc(C(=O)O)cc(OCc2ccccc2)c1C(=O)c1ccccc1. The number of nitrogens with zero attached hydrogens (tertiary/aromatic N) is 1. The Hall–Kier alpha value is -3.60. The summed E-state index contributed by atoms with van der Waals surface area (Å²) in [5.41, 5.74) is 2.34. The predicted octanol–water partition coefficient (Wildman–Crippen LogP) is 4.26. The maximum Gasteiger partial charge on any atom is 0.335 e. The van der Waals surface area contributed by atoms with Gasteiger partial charge < -0.3 is 14.7 Å². The van der Waals surface area contributed by atoms with E-state index in [9.17, 15) is 14.7 Å². The first-order valence-corrected chi connectivity index (χ1v) is 8.82. The van der Waals surface area contributed by atoms with Crippen LogP contribution in [0.1, 0.15) is 31.8 Å². The molecule has 0 amide bonds. The van der Waals surface area contributed by atoms with Crippen molar-refractivity contribution in [1.29, 1.82) is 0 Å². The van der Waals surface area contributed by atoms with Gasteiger partial charge in [-0.2, -0.15) is 0 Å². The molecule has 0 fully saturated rings. The zero-order chi connectivity index (χ0) is 20.1. The van der Waals surface area contributed by atoms with E-state index in [2.05, 4.69) is 0 Å². The third-order valence-electron chi connectivity index (χ3n) is 4.31. The summed E-state index contributed by atoms with van der Waals surface area (Å²) in [6, 6.07) is 21.3. The molecule has 0 saturated carbocycles. The number of aromatic carboxylic acids is 1. The Kier molecular flexibility index (Phi) is 5.75. The molecule has 1 N–H and O–H groups in total. The molecular weight excluding hydrogens is 354 g/mol. The number of hydrogen-bond donors (Lipinski definition) is 1. The Balaban J connectivity index is 2.10. The van der Waals surface area contributed by atoms with E-state index in [-0.39, 0.29) is 23.7 Å². The quantitative estimate of drug-likeness (QED) is 0.625. The van der Waals surface area contributed by atoms with Gasteiger partial charge in [-0.25, -0.2) is 4.79 Å². The van der Waals surface area contributed by atoms with E-state index in [4.69, 9.17) is 4.74 Å². The summed E-state index contributed by atoms with van der Waals surface area (Å²) in [4.78, 5) is 26.5. The molecule has 0 radical (unpaired) electrons. The molecule has 5 heteroatoms. The second kappa shape index (κ2) is 8.39. The van der Waals surface area contributed by atoms with Crippen LogP contribution in [0.15, 0.2) is 72.8 Å². The van der Waals surface area contributed by atoms with E-state index in [0.717, 1.165) is 5.56 Å². The number of carbonyl (C=O) groups excluding carboxylic acids is 1.